The standard InChI is InChI=1S/C25H39F3N2O3S/c1-5-6-13-29-14-16-30(17-15-29)23-18-21(33-34(31,32)25(26,27)28)11-12-22(23)19-7-9-20(10-8-19)24(2,3)4/h11-12,18-20H,5-10,13-17H2,1-4H3. The minimum Gasteiger partial charge on any atom is -0.376 e. The molecule has 0 bridgehead atoms. The van der Waals surface area contributed by atoms with Crippen LogP contribution >= 0.6 is 0 Å². The van der Waals surface area contributed by atoms with Gasteiger partial charge in [-0.05, 0) is 67.5 Å². The molecule has 0 radical (unpaired) electrons. The highest BCUT2D eigenvalue weighted by molar-refractivity contribution is 7.88. The number of nitrogens with zero attached hydrogens (tertiary/aromatic N) is 2. The summed E-state index contributed by atoms with van der Waals surface area (Å²) >= 11 is 0. The molecule has 3 rings (SSSR count). The van der Waals surface area contributed by atoms with Gasteiger partial charge in [-0.1, -0.05) is 40.2 Å². The minimum atomic E-state index is -5.71. The van der Waals surface area contributed by atoms with Gasteiger partial charge >= 0.3 is 15.6 Å². The highest BCUT2D eigenvalue weighted by Gasteiger charge is 2.48. The third kappa shape index (κ3) is 6.59. The molecule has 0 unspecified atom stereocenters. The van der Waals surface area contributed by atoms with Crippen molar-refractivity contribution in [2.24, 2.45) is 11.3 Å². The van der Waals surface area contributed by atoms with E-state index in [-0.39, 0.29) is 11.2 Å². The first-order valence-corrected chi connectivity index (χ1v) is 13.8. The number of rotatable bonds is 7. The third-order valence-corrected chi connectivity index (χ3v) is 8.40. The number of hydrogen-bond acceptors (Lipinski definition) is 5. The fourth-order valence-electron chi connectivity index (χ4n) is 5.23. The Morgan fingerprint density at radius 1 is 1.00 bits per heavy atom. The molecule has 194 valence electrons. The van der Waals surface area contributed by atoms with E-state index >= 15 is 0 Å². The molecule has 1 heterocycles. The Hall–Kier alpha value is -1.48. The second-order valence-corrected chi connectivity index (χ2v) is 12.3. The van der Waals surface area contributed by atoms with E-state index in [2.05, 4.69) is 41.7 Å². The first-order valence-electron chi connectivity index (χ1n) is 12.4. The van der Waals surface area contributed by atoms with Crippen molar-refractivity contribution in [2.45, 2.75) is 77.6 Å². The summed E-state index contributed by atoms with van der Waals surface area (Å²) in [6, 6.07) is 4.65. The van der Waals surface area contributed by atoms with Crippen molar-refractivity contribution in [2.75, 3.05) is 37.6 Å². The van der Waals surface area contributed by atoms with Gasteiger partial charge in [0.25, 0.3) is 0 Å². The SMILES string of the molecule is CCCCN1CCN(c2cc(OS(=O)(=O)C(F)(F)F)ccc2C2CCC(C(C)(C)C)CC2)CC1. The Morgan fingerprint density at radius 3 is 2.15 bits per heavy atom. The average Bonchev–Trinajstić information content (AvgIpc) is 2.76. The van der Waals surface area contributed by atoms with Crippen LogP contribution in [0.3, 0.4) is 0 Å². The van der Waals surface area contributed by atoms with E-state index in [4.69, 9.17) is 0 Å². The quantitative estimate of drug-likeness (QED) is 0.329. The van der Waals surface area contributed by atoms with E-state index in [1.807, 2.05) is 0 Å². The molecule has 2 fully saturated rings. The average molecular weight is 505 g/mol. The molecule has 0 amide bonds. The van der Waals surface area contributed by atoms with Gasteiger partial charge in [-0.2, -0.15) is 21.6 Å². The summed E-state index contributed by atoms with van der Waals surface area (Å²) in [5.41, 5.74) is -3.30. The number of hydrogen-bond donors (Lipinski definition) is 0. The molecular formula is C25H39F3N2O3S. The minimum absolute atomic E-state index is 0.256. The second kappa shape index (κ2) is 10.6. The molecule has 1 aliphatic heterocycles. The van der Waals surface area contributed by atoms with E-state index in [1.165, 1.54) is 12.1 Å². The van der Waals surface area contributed by atoms with Crippen LogP contribution in [-0.4, -0.2) is 51.5 Å². The fraction of sp³-hybridized carbons (Fsp3) is 0.760. The lowest BCUT2D eigenvalue weighted by atomic mass is 9.68. The van der Waals surface area contributed by atoms with Gasteiger partial charge in [0, 0.05) is 37.9 Å². The number of alkyl halides is 3. The summed E-state index contributed by atoms with van der Waals surface area (Å²) in [6.07, 6.45) is 6.53. The van der Waals surface area contributed by atoms with Crippen LogP contribution in [0.1, 0.15) is 77.7 Å². The molecule has 9 heteroatoms. The van der Waals surface area contributed by atoms with Crippen LogP contribution in [0.4, 0.5) is 18.9 Å². The largest absolute Gasteiger partial charge is 0.534 e. The van der Waals surface area contributed by atoms with Crippen molar-refractivity contribution in [3.8, 4) is 5.75 Å². The molecule has 0 atom stereocenters. The molecule has 34 heavy (non-hydrogen) atoms. The van der Waals surface area contributed by atoms with Crippen molar-refractivity contribution >= 4 is 15.8 Å². The Kier molecular flexibility index (Phi) is 8.49. The van der Waals surface area contributed by atoms with Gasteiger partial charge in [-0.25, -0.2) is 0 Å². The van der Waals surface area contributed by atoms with Crippen LogP contribution in [0.25, 0.3) is 0 Å². The summed E-state index contributed by atoms with van der Waals surface area (Å²) in [5.74, 6) is 0.668. The lowest BCUT2D eigenvalue weighted by molar-refractivity contribution is -0.0500. The molecule has 1 saturated carbocycles. The van der Waals surface area contributed by atoms with Gasteiger partial charge in [0.05, 0.1) is 0 Å². The van der Waals surface area contributed by atoms with Crippen molar-refractivity contribution in [3.63, 3.8) is 0 Å². The van der Waals surface area contributed by atoms with Crippen LogP contribution in [0.2, 0.25) is 0 Å². The van der Waals surface area contributed by atoms with Crippen LogP contribution in [-0.2, 0) is 10.1 Å². The van der Waals surface area contributed by atoms with Crippen molar-refractivity contribution in [1.29, 1.82) is 0 Å². The van der Waals surface area contributed by atoms with Crippen LogP contribution in [0, 0.1) is 11.3 Å². The van der Waals surface area contributed by atoms with E-state index in [9.17, 15) is 21.6 Å². The zero-order valence-electron chi connectivity index (χ0n) is 20.8. The Balaban J connectivity index is 1.84. The van der Waals surface area contributed by atoms with Gasteiger partial charge in [0.15, 0.2) is 0 Å². The lowest BCUT2D eigenvalue weighted by Crippen LogP contribution is -2.47. The van der Waals surface area contributed by atoms with E-state index in [0.717, 1.165) is 82.5 Å². The summed E-state index contributed by atoms with van der Waals surface area (Å²) in [7, 11) is -5.71. The smallest absolute Gasteiger partial charge is 0.376 e. The maximum Gasteiger partial charge on any atom is 0.534 e. The van der Waals surface area contributed by atoms with Crippen LogP contribution < -0.4 is 9.08 Å². The zero-order chi connectivity index (χ0) is 25.1. The monoisotopic (exact) mass is 504 g/mol. The first kappa shape index (κ1) is 27.1. The van der Waals surface area contributed by atoms with Gasteiger partial charge in [-0.15, -0.1) is 0 Å². The third-order valence-electron chi connectivity index (χ3n) is 7.42. The summed E-state index contributed by atoms with van der Waals surface area (Å²) in [5, 5.41) is 0. The molecule has 0 aromatic heterocycles. The van der Waals surface area contributed by atoms with Crippen molar-refractivity contribution in [3.05, 3.63) is 23.8 Å². The molecule has 1 aromatic rings. The molecule has 5 nitrogen and oxygen atoms in total. The van der Waals surface area contributed by atoms with E-state index in [1.54, 1.807) is 6.07 Å². The summed E-state index contributed by atoms with van der Waals surface area (Å²) in [6.45, 7) is 13.3. The molecular weight excluding hydrogens is 465 g/mol. The van der Waals surface area contributed by atoms with Gasteiger partial charge < -0.3 is 9.08 Å². The number of benzene rings is 1. The number of unbranched alkanes of at least 4 members (excludes halogenated alkanes) is 1. The molecule has 0 N–H and O–H groups in total. The summed E-state index contributed by atoms with van der Waals surface area (Å²) in [4.78, 5) is 4.59. The molecule has 1 saturated heterocycles. The van der Waals surface area contributed by atoms with Gasteiger partial charge in [0.1, 0.15) is 5.75 Å². The molecule has 1 aromatic carbocycles. The molecule has 0 spiro atoms. The van der Waals surface area contributed by atoms with E-state index < -0.39 is 15.6 Å². The predicted octanol–water partition coefficient (Wildman–Crippen LogP) is 6.16. The highest BCUT2D eigenvalue weighted by atomic mass is 32.2. The second-order valence-electron chi connectivity index (χ2n) is 10.8. The molecule has 1 aliphatic carbocycles. The van der Waals surface area contributed by atoms with Crippen molar-refractivity contribution < 1.29 is 25.8 Å². The number of halogens is 3. The predicted molar refractivity (Wildman–Crippen MR) is 130 cm³/mol. The Bertz CT molecular complexity index is 912. The fourth-order valence-corrected chi connectivity index (χ4v) is 5.68. The lowest BCUT2D eigenvalue weighted by Gasteiger charge is -2.40. The maximum absolute atomic E-state index is 12.9. The van der Waals surface area contributed by atoms with E-state index in [0.29, 0.717) is 11.8 Å². The normalized spacial score (nSPS) is 23.2. The topological polar surface area (TPSA) is 49.9 Å². The van der Waals surface area contributed by atoms with Crippen molar-refractivity contribution in [1.82, 2.24) is 4.90 Å². The maximum atomic E-state index is 12.9. The summed E-state index contributed by atoms with van der Waals surface area (Å²) < 4.78 is 66.4. The first-order chi connectivity index (χ1) is 15.8. The van der Waals surface area contributed by atoms with Crippen LogP contribution in [0.5, 0.6) is 5.75 Å². The van der Waals surface area contributed by atoms with Crippen LogP contribution in [0.15, 0.2) is 18.2 Å². The van der Waals surface area contributed by atoms with Gasteiger partial charge in [0.2, 0.25) is 0 Å². The van der Waals surface area contributed by atoms with Gasteiger partial charge in [-0.3, -0.25) is 4.90 Å². The Morgan fingerprint density at radius 2 is 1.62 bits per heavy atom. The Labute approximate surface area is 202 Å². The zero-order valence-corrected chi connectivity index (χ0v) is 21.6. The number of piperazine rings is 1. The number of anilines is 1. The highest BCUT2D eigenvalue weighted by Crippen LogP contribution is 2.46. The molecule has 2 aliphatic rings.